The van der Waals surface area contributed by atoms with E-state index in [1.807, 2.05) is 18.2 Å². The minimum Gasteiger partial charge on any atom is -0.324 e. The Kier molecular flexibility index (Phi) is 4.19. The Hall–Kier alpha value is -0.160. The zero-order chi connectivity index (χ0) is 11.5. The Morgan fingerprint density at radius 1 is 1.19 bits per heavy atom. The number of benzene rings is 1. The molecule has 1 atom stereocenters. The fraction of sp³-hybridized carbons (Fsp3) is 0.167. The summed E-state index contributed by atoms with van der Waals surface area (Å²) in [5.41, 5.74) is 7.35. The third-order valence-electron chi connectivity index (χ3n) is 2.35. The Labute approximate surface area is 116 Å². The highest BCUT2D eigenvalue weighted by Gasteiger charge is 2.10. The van der Waals surface area contributed by atoms with Crippen molar-refractivity contribution in [3.63, 3.8) is 0 Å². The minimum atomic E-state index is 0.0682. The monoisotopic (exact) mass is 359 g/mol. The van der Waals surface area contributed by atoms with Gasteiger partial charge in [-0.3, -0.25) is 0 Å². The Morgan fingerprint density at radius 3 is 2.44 bits per heavy atom. The number of hydrogen-bond donors (Lipinski definition) is 1. The van der Waals surface area contributed by atoms with Crippen LogP contribution in [-0.2, 0) is 6.42 Å². The standard InChI is InChI=1S/C12H11Br2NS/c13-10-6-9(16-12(10)14)7-11(15)8-4-2-1-3-5-8/h1-6,11H,7,15H2. The zero-order valence-corrected chi connectivity index (χ0v) is 12.5. The van der Waals surface area contributed by atoms with Crippen LogP contribution in [0, 0.1) is 0 Å². The van der Waals surface area contributed by atoms with E-state index in [2.05, 4.69) is 50.1 Å². The van der Waals surface area contributed by atoms with E-state index in [4.69, 9.17) is 5.73 Å². The highest BCUT2D eigenvalue weighted by Crippen LogP contribution is 2.34. The van der Waals surface area contributed by atoms with Crippen molar-refractivity contribution >= 4 is 43.2 Å². The average Bonchev–Trinajstić information content (AvgIpc) is 2.59. The van der Waals surface area contributed by atoms with Gasteiger partial charge in [-0.15, -0.1) is 11.3 Å². The summed E-state index contributed by atoms with van der Waals surface area (Å²) in [6.07, 6.45) is 0.874. The van der Waals surface area contributed by atoms with Crippen LogP contribution in [0.5, 0.6) is 0 Å². The number of halogens is 2. The van der Waals surface area contributed by atoms with Gasteiger partial charge in [-0.05, 0) is 43.5 Å². The van der Waals surface area contributed by atoms with Crippen molar-refractivity contribution in [2.24, 2.45) is 5.73 Å². The molecule has 0 saturated heterocycles. The lowest BCUT2D eigenvalue weighted by atomic mass is 10.0. The topological polar surface area (TPSA) is 26.0 Å². The minimum absolute atomic E-state index is 0.0682. The molecular formula is C12H11Br2NS. The largest absolute Gasteiger partial charge is 0.324 e. The van der Waals surface area contributed by atoms with Crippen LogP contribution < -0.4 is 5.73 Å². The fourth-order valence-corrected chi connectivity index (χ4v) is 3.76. The quantitative estimate of drug-likeness (QED) is 0.855. The van der Waals surface area contributed by atoms with Gasteiger partial charge < -0.3 is 5.73 Å². The maximum atomic E-state index is 6.16. The van der Waals surface area contributed by atoms with Gasteiger partial charge in [0.15, 0.2) is 0 Å². The summed E-state index contributed by atoms with van der Waals surface area (Å²) < 4.78 is 2.23. The van der Waals surface area contributed by atoms with Crippen LogP contribution >= 0.6 is 43.2 Å². The van der Waals surface area contributed by atoms with E-state index in [0.29, 0.717) is 0 Å². The first-order chi connectivity index (χ1) is 7.66. The lowest BCUT2D eigenvalue weighted by molar-refractivity contribution is 0.730. The van der Waals surface area contributed by atoms with Crippen LogP contribution in [0.3, 0.4) is 0 Å². The van der Waals surface area contributed by atoms with Gasteiger partial charge in [-0.2, -0.15) is 0 Å². The molecule has 1 aromatic carbocycles. The fourth-order valence-electron chi connectivity index (χ4n) is 1.53. The lowest BCUT2D eigenvalue weighted by Gasteiger charge is -2.10. The number of hydrogen-bond acceptors (Lipinski definition) is 2. The third-order valence-corrected chi connectivity index (χ3v) is 5.62. The molecule has 1 heterocycles. The van der Waals surface area contributed by atoms with Crippen molar-refractivity contribution in [1.29, 1.82) is 0 Å². The molecule has 1 nitrogen and oxygen atoms in total. The van der Waals surface area contributed by atoms with Gasteiger partial charge in [-0.25, -0.2) is 0 Å². The summed E-state index contributed by atoms with van der Waals surface area (Å²) in [5.74, 6) is 0. The third kappa shape index (κ3) is 2.94. The second-order valence-corrected chi connectivity index (χ2v) is 6.86. The van der Waals surface area contributed by atoms with Gasteiger partial charge in [0.25, 0.3) is 0 Å². The van der Waals surface area contributed by atoms with E-state index >= 15 is 0 Å². The molecule has 0 spiro atoms. The smallest absolute Gasteiger partial charge is 0.0843 e. The predicted octanol–water partition coefficient (Wildman–Crippen LogP) is 4.52. The van der Waals surface area contributed by atoms with Gasteiger partial charge in [0.2, 0.25) is 0 Å². The Bertz CT molecular complexity index is 448. The summed E-state index contributed by atoms with van der Waals surface area (Å²) in [7, 11) is 0. The van der Waals surface area contributed by atoms with Gasteiger partial charge >= 0.3 is 0 Å². The Balaban J connectivity index is 2.11. The normalized spacial score (nSPS) is 12.7. The molecule has 2 rings (SSSR count). The van der Waals surface area contributed by atoms with Crippen molar-refractivity contribution in [3.8, 4) is 0 Å². The molecule has 0 aliphatic rings. The van der Waals surface area contributed by atoms with E-state index in [9.17, 15) is 0 Å². The summed E-state index contributed by atoms with van der Waals surface area (Å²) in [6.45, 7) is 0. The molecule has 1 aromatic heterocycles. The number of rotatable bonds is 3. The molecule has 0 aliphatic carbocycles. The molecule has 0 fully saturated rings. The highest BCUT2D eigenvalue weighted by atomic mass is 79.9. The first-order valence-electron chi connectivity index (χ1n) is 4.91. The van der Waals surface area contributed by atoms with E-state index in [0.717, 1.165) is 14.7 Å². The van der Waals surface area contributed by atoms with Crippen molar-refractivity contribution in [2.45, 2.75) is 12.5 Å². The maximum Gasteiger partial charge on any atom is 0.0843 e. The second-order valence-electron chi connectivity index (χ2n) is 3.56. The highest BCUT2D eigenvalue weighted by molar-refractivity contribution is 9.13. The molecular weight excluding hydrogens is 350 g/mol. The first kappa shape index (κ1) is 12.3. The molecule has 2 N–H and O–H groups in total. The number of thiophene rings is 1. The predicted molar refractivity (Wildman–Crippen MR) is 76.8 cm³/mol. The summed E-state index contributed by atoms with van der Waals surface area (Å²) >= 11 is 8.71. The average molecular weight is 361 g/mol. The van der Waals surface area contributed by atoms with Crippen molar-refractivity contribution in [1.82, 2.24) is 0 Å². The van der Waals surface area contributed by atoms with Gasteiger partial charge in [-0.1, -0.05) is 30.3 Å². The van der Waals surface area contributed by atoms with E-state index in [1.165, 1.54) is 10.4 Å². The van der Waals surface area contributed by atoms with E-state index < -0.39 is 0 Å². The summed E-state index contributed by atoms with van der Waals surface area (Å²) in [6, 6.07) is 12.4. The molecule has 0 saturated carbocycles. The molecule has 0 amide bonds. The van der Waals surface area contributed by atoms with Crippen LogP contribution in [0.15, 0.2) is 44.7 Å². The van der Waals surface area contributed by atoms with E-state index in [1.54, 1.807) is 11.3 Å². The Morgan fingerprint density at radius 2 is 1.88 bits per heavy atom. The van der Waals surface area contributed by atoms with Crippen LogP contribution in [-0.4, -0.2) is 0 Å². The van der Waals surface area contributed by atoms with Crippen molar-refractivity contribution in [2.75, 3.05) is 0 Å². The van der Waals surface area contributed by atoms with Crippen LogP contribution in [0.4, 0.5) is 0 Å². The lowest BCUT2D eigenvalue weighted by Crippen LogP contribution is -2.12. The molecule has 2 aromatic rings. The molecule has 0 radical (unpaired) electrons. The van der Waals surface area contributed by atoms with Crippen LogP contribution in [0.2, 0.25) is 0 Å². The summed E-state index contributed by atoms with van der Waals surface area (Å²) in [5, 5.41) is 0. The molecule has 1 unspecified atom stereocenters. The molecule has 84 valence electrons. The SMILES string of the molecule is NC(Cc1cc(Br)c(Br)s1)c1ccccc1. The first-order valence-corrected chi connectivity index (χ1v) is 7.31. The molecule has 16 heavy (non-hydrogen) atoms. The van der Waals surface area contributed by atoms with Crippen LogP contribution in [0.1, 0.15) is 16.5 Å². The summed E-state index contributed by atoms with van der Waals surface area (Å²) in [4.78, 5) is 1.29. The van der Waals surface area contributed by atoms with Gasteiger partial charge in [0.05, 0.1) is 3.79 Å². The van der Waals surface area contributed by atoms with Crippen LogP contribution in [0.25, 0.3) is 0 Å². The maximum absolute atomic E-state index is 6.16. The molecule has 4 heteroatoms. The van der Waals surface area contributed by atoms with Gasteiger partial charge in [0, 0.05) is 21.8 Å². The van der Waals surface area contributed by atoms with Crippen molar-refractivity contribution < 1.29 is 0 Å². The molecule has 0 aliphatic heterocycles. The van der Waals surface area contributed by atoms with Gasteiger partial charge in [0.1, 0.15) is 0 Å². The van der Waals surface area contributed by atoms with Crippen molar-refractivity contribution in [3.05, 3.63) is 55.1 Å². The molecule has 0 bridgehead atoms. The second kappa shape index (κ2) is 5.45. The number of nitrogens with two attached hydrogens (primary N) is 1. The van der Waals surface area contributed by atoms with E-state index in [-0.39, 0.29) is 6.04 Å². The zero-order valence-electron chi connectivity index (χ0n) is 8.49.